The standard InChI is InChI=1S/C12H15NO/c1-2-9-3-4-10-5-6-11(8-14)13-12(10)7-9/h2-4,7,11,13-14H,1,5-6,8H2. The van der Waals surface area contributed by atoms with E-state index in [0.29, 0.717) is 0 Å². The largest absolute Gasteiger partial charge is 0.394 e. The molecule has 0 aromatic heterocycles. The highest BCUT2D eigenvalue weighted by Gasteiger charge is 2.16. The van der Waals surface area contributed by atoms with Gasteiger partial charge in [-0.15, -0.1) is 0 Å². The van der Waals surface area contributed by atoms with Crippen molar-refractivity contribution in [2.24, 2.45) is 0 Å². The van der Waals surface area contributed by atoms with E-state index in [9.17, 15) is 0 Å². The van der Waals surface area contributed by atoms with Crippen LogP contribution in [-0.2, 0) is 6.42 Å². The van der Waals surface area contributed by atoms with Gasteiger partial charge in [0, 0.05) is 11.7 Å². The van der Waals surface area contributed by atoms with Gasteiger partial charge >= 0.3 is 0 Å². The van der Waals surface area contributed by atoms with Crippen LogP contribution in [0.25, 0.3) is 6.08 Å². The molecule has 0 fully saturated rings. The number of fused-ring (bicyclic) bond motifs is 1. The number of aliphatic hydroxyl groups is 1. The number of benzene rings is 1. The molecule has 2 N–H and O–H groups in total. The lowest BCUT2D eigenvalue weighted by molar-refractivity contribution is 0.267. The summed E-state index contributed by atoms with van der Waals surface area (Å²) in [6.07, 6.45) is 3.90. The van der Waals surface area contributed by atoms with Gasteiger partial charge < -0.3 is 10.4 Å². The molecule has 1 aromatic rings. The highest BCUT2D eigenvalue weighted by Crippen LogP contribution is 2.26. The quantitative estimate of drug-likeness (QED) is 0.746. The van der Waals surface area contributed by atoms with E-state index in [0.717, 1.165) is 24.1 Å². The third kappa shape index (κ3) is 1.66. The first kappa shape index (κ1) is 9.28. The number of aliphatic hydroxyl groups excluding tert-OH is 1. The van der Waals surface area contributed by atoms with Crippen molar-refractivity contribution in [2.45, 2.75) is 18.9 Å². The summed E-state index contributed by atoms with van der Waals surface area (Å²) < 4.78 is 0. The second kappa shape index (κ2) is 3.84. The van der Waals surface area contributed by atoms with Gasteiger partial charge in [0.25, 0.3) is 0 Å². The van der Waals surface area contributed by atoms with E-state index in [1.54, 1.807) is 0 Å². The Morgan fingerprint density at radius 3 is 3.14 bits per heavy atom. The van der Waals surface area contributed by atoms with Crippen LogP contribution in [0.4, 0.5) is 5.69 Å². The van der Waals surface area contributed by atoms with E-state index in [4.69, 9.17) is 5.11 Å². The van der Waals surface area contributed by atoms with E-state index in [2.05, 4.69) is 30.1 Å². The molecule has 1 aliphatic rings. The van der Waals surface area contributed by atoms with Crippen LogP contribution in [0.5, 0.6) is 0 Å². The summed E-state index contributed by atoms with van der Waals surface area (Å²) in [4.78, 5) is 0. The zero-order valence-corrected chi connectivity index (χ0v) is 8.16. The molecule has 0 saturated heterocycles. The summed E-state index contributed by atoms with van der Waals surface area (Å²) in [5.74, 6) is 0. The van der Waals surface area contributed by atoms with Crippen LogP contribution in [0.3, 0.4) is 0 Å². The van der Waals surface area contributed by atoms with Gasteiger partial charge in [0.15, 0.2) is 0 Å². The Kier molecular flexibility index (Phi) is 2.55. The molecule has 74 valence electrons. The molecular formula is C12H15NO. The second-order valence-corrected chi connectivity index (χ2v) is 3.68. The average molecular weight is 189 g/mol. The first-order valence-electron chi connectivity index (χ1n) is 4.96. The van der Waals surface area contributed by atoms with Gasteiger partial charge in [-0.05, 0) is 30.0 Å². The monoisotopic (exact) mass is 189 g/mol. The minimum atomic E-state index is 0.206. The number of nitrogens with one attached hydrogen (secondary N) is 1. The molecule has 2 heteroatoms. The van der Waals surface area contributed by atoms with Crippen LogP contribution >= 0.6 is 0 Å². The Morgan fingerprint density at radius 2 is 2.43 bits per heavy atom. The fraction of sp³-hybridized carbons (Fsp3) is 0.333. The molecule has 14 heavy (non-hydrogen) atoms. The summed E-state index contributed by atoms with van der Waals surface area (Å²) in [5, 5.41) is 12.4. The third-order valence-corrected chi connectivity index (χ3v) is 2.71. The maximum absolute atomic E-state index is 9.06. The Hall–Kier alpha value is -1.28. The van der Waals surface area contributed by atoms with Gasteiger partial charge in [0.2, 0.25) is 0 Å². The topological polar surface area (TPSA) is 32.3 Å². The maximum Gasteiger partial charge on any atom is 0.0632 e. The van der Waals surface area contributed by atoms with Crippen LogP contribution in [0, 0.1) is 0 Å². The smallest absolute Gasteiger partial charge is 0.0632 e. The van der Waals surface area contributed by atoms with Crippen molar-refractivity contribution in [3.05, 3.63) is 35.9 Å². The predicted molar refractivity (Wildman–Crippen MR) is 59.4 cm³/mol. The van der Waals surface area contributed by atoms with Crippen molar-refractivity contribution >= 4 is 11.8 Å². The lowest BCUT2D eigenvalue weighted by Crippen LogP contribution is -2.28. The van der Waals surface area contributed by atoms with E-state index >= 15 is 0 Å². The zero-order valence-electron chi connectivity index (χ0n) is 8.16. The highest BCUT2D eigenvalue weighted by atomic mass is 16.3. The second-order valence-electron chi connectivity index (χ2n) is 3.68. The normalized spacial score (nSPS) is 19.6. The van der Waals surface area contributed by atoms with Gasteiger partial charge in [-0.1, -0.05) is 24.8 Å². The maximum atomic E-state index is 9.06. The molecule has 2 rings (SSSR count). The molecule has 1 aromatic carbocycles. The van der Waals surface area contributed by atoms with Crippen molar-refractivity contribution < 1.29 is 5.11 Å². The molecule has 0 aliphatic carbocycles. The Labute approximate surface area is 84.3 Å². The summed E-state index contributed by atoms with van der Waals surface area (Å²) in [6.45, 7) is 3.95. The molecule has 0 radical (unpaired) electrons. The summed E-state index contributed by atoms with van der Waals surface area (Å²) in [5.41, 5.74) is 3.60. The molecular weight excluding hydrogens is 174 g/mol. The average Bonchev–Trinajstić information content (AvgIpc) is 2.27. The van der Waals surface area contributed by atoms with Gasteiger partial charge in [0.05, 0.1) is 6.61 Å². The van der Waals surface area contributed by atoms with E-state index in [1.807, 2.05) is 6.08 Å². The molecule has 1 atom stereocenters. The first-order chi connectivity index (χ1) is 6.83. The fourth-order valence-electron chi connectivity index (χ4n) is 1.83. The van der Waals surface area contributed by atoms with Crippen molar-refractivity contribution in [3.8, 4) is 0 Å². The van der Waals surface area contributed by atoms with E-state index < -0.39 is 0 Å². The van der Waals surface area contributed by atoms with Crippen LogP contribution in [0.1, 0.15) is 17.5 Å². The Morgan fingerprint density at radius 1 is 1.57 bits per heavy atom. The molecule has 1 unspecified atom stereocenters. The van der Waals surface area contributed by atoms with Crippen molar-refractivity contribution in [2.75, 3.05) is 11.9 Å². The number of aryl methyl sites for hydroxylation is 1. The minimum absolute atomic E-state index is 0.206. The first-order valence-corrected chi connectivity index (χ1v) is 4.96. The van der Waals surface area contributed by atoms with Crippen LogP contribution in [0.15, 0.2) is 24.8 Å². The number of anilines is 1. The SMILES string of the molecule is C=Cc1ccc2c(c1)NC(CO)CC2. The van der Waals surface area contributed by atoms with Crippen LogP contribution < -0.4 is 5.32 Å². The van der Waals surface area contributed by atoms with Crippen molar-refractivity contribution in [1.29, 1.82) is 0 Å². The predicted octanol–water partition coefficient (Wildman–Crippen LogP) is 2.05. The molecule has 0 amide bonds. The molecule has 1 heterocycles. The minimum Gasteiger partial charge on any atom is -0.394 e. The van der Waals surface area contributed by atoms with Gasteiger partial charge in [0.1, 0.15) is 0 Å². The number of hydrogen-bond donors (Lipinski definition) is 2. The van der Waals surface area contributed by atoms with Gasteiger partial charge in [-0.2, -0.15) is 0 Å². The van der Waals surface area contributed by atoms with E-state index in [-0.39, 0.29) is 12.6 Å². The fourth-order valence-corrected chi connectivity index (χ4v) is 1.83. The van der Waals surface area contributed by atoms with E-state index in [1.165, 1.54) is 5.56 Å². The highest BCUT2D eigenvalue weighted by molar-refractivity contribution is 5.61. The van der Waals surface area contributed by atoms with Crippen LogP contribution in [-0.4, -0.2) is 17.8 Å². The molecule has 0 spiro atoms. The molecule has 2 nitrogen and oxygen atoms in total. The van der Waals surface area contributed by atoms with Crippen molar-refractivity contribution in [1.82, 2.24) is 0 Å². The summed E-state index contributed by atoms with van der Waals surface area (Å²) >= 11 is 0. The summed E-state index contributed by atoms with van der Waals surface area (Å²) in [6, 6.07) is 6.51. The summed E-state index contributed by atoms with van der Waals surface area (Å²) in [7, 11) is 0. The molecule has 1 aliphatic heterocycles. The van der Waals surface area contributed by atoms with Gasteiger partial charge in [-0.3, -0.25) is 0 Å². The van der Waals surface area contributed by atoms with Gasteiger partial charge in [-0.25, -0.2) is 0 Å². The lowest BCUT2D eigenvalue weighted by atomic mass is 9.97. The number of hydrogen-bond acceptors (Lipinski definition) is 2. The number of rotatable bonds is 2. The zero-order chi connectivity index (χ0) is 9.97. The van der Waals surface area contributed by atoms with Crippen molar-refractivity contribution in [3.63, 3.8) is 0 Å². The Bertz CT molecular complexity index is 346. The third-order valence-electron chi connectivity index (χ3n) is 2.71. The lowest BCUT2D eigenvalue weighted by Gasteiger charge is -2.25. The molecule has 0 saturated carbocycles. The Balaban J connectivity index is 2.29. The molecule has 0 bridgehead atoms. The van der Waals surface area contributed by atoms with Crippen LogP contribution in [0.2, 0.25) is 0 Å².